The van der Waals surface area contributed by atoms with Gasteiger partial charge in [0, 0.05) is 11.0 Å². The van der Waals surface area contributed by atoms with Crippen LogP contribution in [-0.4, -0.2) is 66.2 Å². The fourth-order valence-corrected chi connectivity index (χ4v) is 3.22. The Hall–Kier alpha value is -3.17. The first-order valence-corrected chi connectivity index (χ1v) is 12.0. The highest BCUT2D eigenvalue weighted by Crippen LogP contribution is 2.33. The van der Waals surface area contributed by atoms with E-state index in [2.05, 4.69) is 27.0 Å². The van der Waals surface area contributed by atoms with Crippen LogP contribution in [-0.2, 0) is 19.7 Å². The monoisotopic (exact) mass is 514 g/mol. The summed E-state index contributed by atoms with van der Waals surface area (Å²) in [5.74, 6) is 0.648. The molecule has 0 aromatic heterocycles. The van der Waals surface area contributed by atoms with Crippen LogP contribution in [0.5, 0.6) is 11.5 Å². The lowest BCUT2D eigenvalue weighted by molar-refractivity contribution is -0.142. The van der Waals surface area contributed by atoms with Crippen molar-refractivity contribution < 1.29 is 39.1 Å². The topological polar surface area (TPSA) is 115 Å². The quantitative estimate of drug-likeness (QED) is 0.143. The van der Waals surface area contributed by atoms with Gasteiger partial charge in [0.1, 0.15) is 43.5 Å². The Kier molecular flexibility index (Phi) is 11.3. The second-order valence-electron chi connectivity index (χ2n) is 9.51. The SMILES string of the molecule is C=C(C)C(=O)OCC(O)COc1ccc(C(C)(C)c2ccc(OCC(O)COC(O)C(=C)C)cc2)cc1. The summed E-state index contributed by atoms with van der Waals surface area (Å²) in [7, 11) is 0. The molecule has 8 nitrogen and oxygen atoms in total. The summed E-state index contributed by atoms with van der Waals surface area (Å²) in [6, 6.07) is 15.2. The first-order chi connectivity index (χ1) is 17.4. The van der Waals surface area contributed by atoms with E-state index in [1.165, 1.54) is 0 Å². The molecule has 8 heteroatoms. The molecule has 0 saturated carbocycles. The lowest BCUT2D eigenvalue weighted by Gasteiger charge is -2.26. The number of benzene rings is 2. The maximum atomic E-state index is 11.4. The van der Waals surface area contributed by atoms with E-state index in [0.717, 1.165) is 11.1 Å². The fourth-order valence-electron chi connectivity index (χ4n) is 3.22. The summed E-state index contributed by atoms with van der Waals surface area (Å²) in [5, 5.41) is 29.5. The van der Waals surface area contributed by atoms with Crippen molar-refractivity contribution in [2.45, 2.75) is 51.6 Å². The van der Waals surface area contributed by atoms with E-state index in [4.69, 9.17) is 18.9 Å². The molecular formula is C29H38O8. The minimum atomic E-state index is -1.11. The first kappa shape index (κ1) is 30.1. The largest absolute Gasteiger partial charge is 0.491 e. The summed E-state index contributed by atoms with van der Waals surface area (Å²) in [6.07, 6.45) is -2.95. The normalized spacial score (nSPS) is 13.8. The van der Waals surface area contributed by atoms with Crippen LogP contribution < -0.4 is 9.47 Å². The van der Waals surface area contributed by atoms with Crippen molar-refractivity contribution >= 4 is 5.97 Å². The van der Waals surface area contributed by atoms with Crippen molar-refractivity contribution in [1.82, 2.24) is 0 Å². The van der Waals surface area contributed by atoms with Crippen LogP contribution in [0.2, 0.25) is 0 Å². The molecule has 3 atom stereocenters. The molecule has 202 valence electrons. The Morgan fingerprint density at radius 1 is 0.784 bits per heavy atom. The van der Waals surface area contributed by atoms with Crippen molar-refractivity contribution in [3.8, 4) is 11.5 Å². The number of aliphatic hydroxyl groups is 3. The van der Waals surface area contributed by atoms with Gasteiger partial charge in [0.2, 0.25) is 0 Å². The van der Waals surface area contributed by atoms with Crippen molar-refractivity contribution in [3.05, 3.63) is 84.0 Å². The van der Waals surface area contributed by atoms with Gasteiger partial charge >= 0.3 is 5.97 Å². The van der Waals surface area contributed by atoms with Crippen LogP contribution >= 0.6 is 0 Å². The Bertz CT molecular complexity index is 1030. The second-order valence-corrected chi connectivity index (χ2v) is 9.51. The number of carbonyl (C=O) groups excluding carboxylic acids is 1. The Morgan fingerprint density at radius 3 is 1.62 bits per heavy atom. The van der Waals surface area contributed by atoms with Gasteiger partial charge in [0.25, 0.3) is 0 Å². The third-order valence-electron chi connectivity index (χ3n) is 5.66. The highest BCUT2D eigenvalue weighted by Gasteiger charge is 2.23. The number of rotatable bonds is 15. The zero-order valence-electron chi connectivity index (χ0n) is 22.0. The van der Waals surface area contributed by atoms with Crippen LogP contribution in [0.25, 0.3) is 0 Å². The molecule has 0 aliphatic heterocycles. The molecule has 3 unspecified atom stereocenters. The van der Waals surface area contributed by atoms with E-state index >= 15 is 0 Å². The second kappa shape index (κ2) is 13.9. The zero-order chi connectivity index (χ0) is 27.6. The van der Waals surface area contributed by atoms with Crippen molar-refractivity contribution in [3.63, 3.8) is 0 Å². The average Bonchev–Trinajstić information content (AvgIpc) is 2.88. The van der Waals surface area contributed by atoms with Gasteiger partial charge in [-0.1, -0.05) is 51.3 Å². The van der Waals surface area contributed by atoms with E-state index in [0.29, 0.717) is 17.1 Å². The third kappa shape index (κ3) is 9.66. The summed E-state index contributed by atoms with van der Waals surface area (Å²) >= 11 is 0. The Balaban J connectivity index is 1.87. The predicted octanol–water partition coefficient (Wildman–Crippen LogP) is 3.52. The molecular weight excluding hydrogens is 476 g/mol. The van der Waals surface area contributed by atoms with Gasteiger partial charge in [-0.15, -0.1) is 0 Å². The number of esters is 1. The molecule has 0 spiro atoms. The van der Waals surface area contributed by atoms with Gasteiger partial charge in [-0.2, -0.15) is 0 Å². The van der Waals surface area contributed by atoms with Crippen LogP contribution in [0.3, 0.4) is 0 Å². The number of ether oxygens (including phenoxy) is 4. The number of hydrogen-bond donors (Lipinski definition) is 3. The molecule has 0 saturated heterocycles. The van der Waals surface area contributed by atoms with Gasteiger partial charge in [0.05, 0.1) is 6.61 Å². The van der Waals surface area contributed by atoms with E-state index in [1.807, 2.05) is 48.5 Å². The molecule has 0 radical (unpaired) electrons. The molecule has 2 aromatic carbocycles. The average molecular weight is 515 g/mol. The molecule has 0 aliphatic rings. The van der Waals surface area contributed by atoms with E-state index < -0.39 is 24.5 Å². The van der Waals surface area contributed by atoms with E-state index in [-0.39, 0.29) is 37.4 Å². The Labute approximate surface area is 218 Å². The molecule has 0 fully saturated rings. The van der Waals surface area contributed by atoms with Gasteiger partial charge in [0.15, 0.2) is 6.29 Å². The molecule has 0 heterocycles. The van der Waals surface area contributed by atoms with E-state index in [1.54, 1.807) is 13.8 Å². The van der Waals surface area contributed by atoms with Gasteiger partial charge in [-0.25, -0.2) is 4.79 Å². The fraction of sp³-hybridized carbons (Fsp3) is 0.414. The van der Waals surface area contributed by atoms with Crippen LogP contribution in [0.1, 0.15) is 38.8 Å². The standard InChI is InChI=1S/C29H38O8/c1-19(2)27(32)36-17-23(30)15-34-25-11-7-21(8-12-25)29(5,6)22-9-13-26(14-10-22)35-16-24(31)18-37-28(33)20(3)4/h7-14,23-24,27,30-32H,1,3,15-18H2,2,4-6H3. The highest BCUT2D eigenvalue weighted by molar-refractivity contribution is 5.86. The number of carbonyl (C=O) groups is 1. The van der Waals surface area contributed by atoms with Crippen LogP contribution in [0.15, 0.2) is 72.8 Å². The van der Waals surface area contributed by atoms with Crippen molar-refractivity contribution in [1.29, 1.82) is 0 Å². The maximum absolute atomic E-state index is 11.4. The summed E-state index contributed by atoms with van der Waals surface area (Å²) in [6.45, 7) is 14.3. The molecule has 0 aliphatic carbocycles. The lowest BCUT2D eigenvalue weighted by atomic mass is 9.78. The van der Waals surface area contributed by atoms with Crippen molar-refractivity contribution in [2.75, 3.05) is 26.4 Å². The molecule has 0 amide bonds. The van der Waals surface area contributed by atoms with Crippen molar-refractivity contribution in [2.24, 2.45) is 0 Å². The first-order valence-electron chi connectivity index (χ1n) is 12.0. The van der Waals surface area contributed by atoms with E-state index in [9.17, 15) is 20.1 Å². The molecule has 0 bridgehead atoms. The predicted molar refractivity (Wildman–Crippen MR) is 141 cm³/mol. The smallest absolute Gasteiger partial charge is 0.333 e. The summed E-state index contributed by atoms with van der Waals surface area (Å²) in [4.78, 5) is 11.4. The molecule has 2 rings (SSSR count). The molecule has 2 aromatic rings. The van der Waals surface area contributed by atoms with Gasteiger partial charge in [-0.3, -0.25) is 0 Å². The summed E-state index contributed by atoms with van der Waals surface area (Å²) < 4.78 is 21.3. The third-order valence-corrected chi connectivity index (χ3v) is 5.66. The Morgan fingerprint density at radius 2 is 1.22 bits per heavy atom. The van der Waals surface area contributed by atoms with Crippen LogP contribution in [0, 0.1) is 0 Å². The number of hydrogen-bond acceptors (Lipinski definition) is 8. The number of aliphatic hydroxyl groups excluding tert-OH is 3. The highest BCUT2D eigenvalue weighted by atomic mass is 16.6. The van der Waals surface area contributed by atoms with Gasteiger partial charge < -0.3 is 34.3 Å². The molecule has 37 heavy (non-hydrogen) atoms. The maximum Gasteiger partial charge on any atom is 0.333 e. The van der Waals surface area contributed by atoms with Crippen LogP contribution in [0.4, 0.5) is 0 Å². The summed E-state index contributed by atoms with van der Waals surface area (Å²) in [5.41, 5.74) is 2.56. The van der Waals surface area contributed by atoms with Gasteiger partial charge in [-0.05, 0) is 54.8 Å². The minimum absolute atomic E-state index is 0.0109. The minimum Gasteiger partial charge on any atom is -0.491 e. The zero-order valence-corrected chi connectivity index (χ0v) is 22.0. The lowest BCUT2D eigenvalue weighted by Crippen LogP contribution is -2.27. The molecule has 3 N–H and O–H groups in total.